The van der Waals surface area contributed by atoms with E-state index in [2.05, 4.69) is 10.6 Å². The summed E-state index contributed by atoms with van der Waals surface area (Å²) in [5.41, 5.74) is 0.834. The molecule has 0 saturated heterocycles. The predicted octanol–water partition coefficient (Wildman–Crippen LogP) is 2.94. The van der Waals surface area contributed by atoms with E-state index in [1.165, 1.54) is 0 Å². The standard InChI is InChI=1S/C20H30N2O5/c1-13(2)10-16(18(23)21-17(19(24)25)11-14(3)4)22-20(26)27-12-15-8-6-5-7-9-15/h5-9,13-14,16-17H,10-12H2,1-4H3,(H,21,23)(H,22,26)(H,24,25). The summed E-state index contributed by atoms with van der Waals surface area (Å²) in [5.74, 6) is -1.37. The Morgan fingerprint density at radius 3 is 2.00 bits per heavy atom. The van der Waals surface area contributed by atoms with Gasteiger partial charge in [0.15, 0.2) is 0 Å². The van der Waals surface area contributed by atoms with Crippen LogP contribution in [-0.2, 0) is 20.9 Å². The minimum Gasteiger partial charge on any atom is -0.480 e. The molecule has 0 aliphatic rings. The number of rotatable bonds is 10. The number of aliphatic carboxylic acids is 1. The summed E-state index contributed by atoms with van der Waals surface area (Å²) in [5, 5.41) is 14.4. The first-order chi connectivity index (χ1) is 12.7. The Morgan fingerprint density at radius 2 is 1.48 bits per heavy atom. The summed E-state index contributed by atoms with van der Waals surface area (Å²) in [7, 11) is 0. The molecule has 2 atom stereocenters. The smallest absolute Gasteiger partial charge is 0.408 e. The van der Waals surface area contributed by atoms with Gasteiger partial charge in [-0.2, -0.15) is 0 Å². The van der Waals surface area contributed by atoms with Crippen molar-refractivity contribution in [3.8, 4) is 0 Å². The number of carbonyl (C=O) groups is 3. The molecular weight excluding hydrogens is 348 g/mol. The fraction of sp³-hybridized carbons (Fsp3) is 0.550. The number of carboxylic acids is 1. The summed E-state index contributed by atoms with van der Waals surface area (Å²) >= 11 is 0. The van der Waals surface area contributed by atoms with Crippen LogP contribution in [0.5, 0.6) is 0 Å². The molecule has 0 heterocycles. The third kappa shape index (κ3) is 9.08. The molecular formula is C20H30N2O5. The fourth-order valence-corrected chi connectivity index (χ4v) is 2.58. The quantitative estimate of drug-likeness (QED) is 0.581. The van der Waals surface area contributed by atoms with Gasteiger partial charge in [0.2, 0.25) is 5.91 Å². The first-order valence-electron chi connectivity index (χ1n) is 9.19. The van der Waals surface area contributed by atoms with Crippen LogP contribution in [0.1, 0.15) is 46.1 Å². The van der Waals surface area contributed by atoms with Crippen LogP contribution in [0.3, 0.4) is 0 Å². The molecule has 150 valence electrons. The molecule has 0 fully saturated rings. The number of amides is 2. The number of carbonyl (C=O) groups excluding carboxylic acids is 2. The normalized spacial score (nSPS) is 13.1. The molecule has 0 aliphatic carbocycles. The number of benzene rings is 1. The van der Waals surface area contributed by atoms with Crippen LogP contribution in [0.25, 0.3) is 0 Å². The Hall–Kier alpha value is -2.57. The molecule has 3 N–H and O–H groups in total. The van der Waals surface area contributed by atoms with Crippen molar-refractivity contribution in [2.24, 2.45) is 11.8 Å². The van der Waals surface area contributed by atoms with E-state index < -0.39 is 30.1 Å². The van der Waals surface area contributed by atoms with Gasteiger partial charge in [0.25, 0.3) is 0 Å². The molecule has 0 radical (unpaired) electrons. The largest absolute Gasteiger partial charge is 0.480 e. The molecule has 7 heteroatoms. The van der Waals surface area contributed by atoms with Gasteiger partial charge in [0, 0.05) is 0 Å². The van der Waals surface area contributed by atoms with E-state index in [1.54, 1.807) is 0 Å². The molecule has 1 aromatic carbocycles. The molecule has 27 heavy (non-hydrogen) atoms. The minimum absolute atomic E-state index is 0.0911. The Balaban J connectivity index is 2.68. The fourth-order valence-electron chi connectivity index (χ4n) is 2.58. The second kappa shape index (κ2) is 11.2. The third-order valence-electron chi connectivity index (χ3n) is 3.85. The van der Waals surface area contributed by atoms with Crippen molar-refractivity contribution in [2.75, 3.05) is 0 Å². The van der Waals surface area contributed by atoms with Crippen LogP contribution < -0.4 is 10.6 Å². The SMILES string of the molecule is CC(C)CC(NC(=O)C(CC(C)C)NC(=O)OCc1ccccc1)C(=O)O. The molecule has 7 nitrogen and oxygen atoms in total. The molecule has 0 bridgehead atoms. The highest BCUT2D eigenvalue weighted by Gasteiger charge is 2.28. The van der Waals surface area contributed by atoms with E-state index in [0.29, 0.717) is 12.8 Å². The van der Waals surface area contributed by atoms with Gasteiger partial charge in [0.1, 0.15) is 18.7 Å². The number of ether oxygens (including phenoxy) is 1. The van der Waals surface area contributed by atoms with Crippen LogP contribution in [0.2, 0.25) is 0 Å². The van der Waals surface area contributed by atoms with Gasteiger partial charge < -0.3 is 20.5 Å². The number of alkyl carbamates (subject to hydrolysis) is 1. The number of hydrogen-bond acceptors (Lipinski definition) is 4. The first-order valence-corrected chi connectivity index (χ1v) is 9.19. The van der Waals surface area contributed by atoms with Crippen molar-refractivity contribution in [1.82, 2.24) is 10.6 Å². The van der Waals surface area contributed by atoms with Crippen LogP contribution in [0.4, 0.5) is 4.79 Å². The molecule has 0 aliphatic heterocycles. The zero-order valence-electron chi connectivity index (χ0n) is 16.4. The van der Waals surface area contributed by atoms with Crippen molar-refractivity contribution in [2.45, 2.75) is 59.2 Å². The summed E-state index contributed by atoms with van der Waals surface area (Å²) < 4.78 is 5.16. The Bertz CT molecular complexity index is 616. The molecule has 0 saturated carbocycles. The van der Waals surface area contributed by atoms with Crippen molar-refractivity contribution in [3.63, 3.8) is 0 Å². The Labute approximate surface area is 160 Å². The van der Waals surface area contributed by atoms with E-state index in [1.807, 2.05) is 58.0 Å². The van der Waals surface area contributed by atoms with E-state index in [9.17, 15) is 19.5 Å². The molecule has 2 amide bonds. The summed E-state index contributed by atoms with van der Waals surface area (Å²) in [6.45, 7) is 7.69. The Kier molecular flexibility index (Phi) is 9.33. The monoisotopic (exact) mass is 378 g/mol. The van der Waals surface area contributed by atoms with Crippen molar-refractivity contribution >= 4 is 18.0 Å². The van der Waals surface area contributed by atoms with Crippen molar-refractivity contribution in [1.29, 1.82) is 0 Å². The highest BCUT2D eigenvalue weighted by molar-refractivity contribution is 5.89. The maximum absolute atomic E-state index is 12.5. The van der Waals surface area contributed by atoms with Crippen LogP contribution in [-0.4, -0.2) is 35.2 Å². The maximum atomic E-state index is 12.5. The summed E-state index contributed by atoms with van der Waals surface area (Å²) in [6, 6.07) is 7.35. The van der Waals surface area contributed by atoms with E-state index in [-0.39, 0.29) is 18.4 Å². The van der Waals surface area contributed by atoms with E-state index in [0.717, 1.165) is 5.56 Å². The molecule has 1 aromatic rings. The number of nitrogens with one attached hydrogen (secondary N) is 2. The van der Waals surface area contributed by atoms with Gasteiger partial charge in [-0.3, -0.25) is 4.79 Å². The van der Waals surface area contributed by atoms with Gasteiger partial charge in [-0.05, 0) is 30.2 Å². The average Bonchev–Trinajstić information content (AvgIpc) is 2.58. The van der Waals surface area contributed by atoms with Crippen molar-refractivity contribution in [3.05, 3.63) is 35.9 Å². The minimum atomic E-state index is -1.09. The van der Waals surface area contributed by atoms with E-state index in [4.69, 9.17) is 4.74 Å². The molecule has 0 spiro atoms. The molecule has 2 unspecified atom stereocenters. The predicted molar refractivity (Wildman–Crippen MR) is 102 cm³/mol. The lowest BCUT2D eigenvalue weighted by Crippen LogP contribution is -2.52. The maximum Gasteiger partial charge on any atom is 0.408 e. The molecule has 0 aromatic heterocycles. The third-order valence-corrected chi connectivity index (χ3v) is 3.85. The van der Waals surface area contributed by atoms with E-state index >= 15 is 0 Å². The number of carboxylic acid groups (broad SMARTS) is 1. The van der Waals surface area contributed by atoms with Crippen LogP contribution >= 0.6 is 0 Å². The lowest BCUT2D eigenvalue weighted by molar-refractivity contribution is -0.142. The lowest BCUT2D eigenvalue weighted by Gasteiger charge is -2.23. The zero-order valence-corrected chi connectivity index (χ0v) is 16.4. The highest BCUT2D eigenvalue weighted by Crippen LogP contribution is 2.09. The second-order valence-corrected chi connectivity index (χ2v) is 7.42. The summed E-state index contributed by atoms with van der Waals surface area (Å²) in [6.07, 6.45) is -0.0239. The van der Waals surface area contributed by atoms with Gasteiger partial charge in [-0.25, -0.2) is 9.59 Å². The van der Waals surface area contributed by atoms with Gasteiger partial charge in [0.05, 0.1) is 0 Å². The first kappa shape index (κ1) is 22.5. The van der Waals surface area contributed by atoms with Crippen molar-refractivity contribution < 1.29 is 24.2 Å². The summed E-state index contributed by atoms with van der Waals surface area (Å²) in [4.78, 5) is 36.0. The lowest BCUT2D eigenvalue weighted by atomic mass is 10.0. The van der Waals surface area contributed by atoms with Gasteiger partial charge in [-0.1, -0.05) is 58.0 Å². The molecule has 1 rings (SSSR count). The average molecular weight is 378 g/mol. The topological polar surface area (TPSA) is 105 Å². The number of hydrogen-bond donors (Lipinski definition) is 3. The highest BCUT2D eigenvalue weighted by atomic mass is 16.5. The van der Waals surface area contributed by atoms with Gasteiger partial charge in [-0.15, -0.1) is 0 Å². The van der Waals surface area contributed by atoms with Crippen LogP contribution in [0.15, 0.2) is 30.3 Å². The Morgan fingerprint density at radius 1 is 0.926 bits per heavy atom. The zero-order chi connectivity index (χ0) is 20.4. The second-order valence-electron chi connectivity index (χ2n) is 7.42. The van der Waals surface area contributed by atoms with Gasteiger partial charge >= 0.3 is 12.1 Å². The van der Waals surface area contributed by atoms with Crippen LogP contribution in [0, 0.1) is 11.8 Å².